The monoisotopic (exact) mass is 313 g/mol. The first kappa shape index (κ1) is 15.7. The van der Waals surface area contributed by atoms with Crippen molar-refractivity contribution in [3.05, 3.63) is 52.9 Å². The molecule has 0 aliphatic carbocycles. The van der Waals surface area contributed by atoms with Gasteiger partial charge < -0.3 is 15.2 Å². The molecule has 2 aromatic rings. The minimum atomic E-state index is 0.122. The summed E-state index contributed by atoms with van der Waals surface area (Å²) in [7, 11) is 0. The van der Waals surface area contributed by atoms with Gasteiger partial charge in [-0.2, -0.15) is 0 Å². The lowest BCUT2D eigenvalue weighted by Crippen LogP contribution is -2.31. The second-order valence-electron chi connectivity index (χ2n) is 6.29. The fraction of sp³-hybridized carbons (Fsp3) is 0.444. The Kier molecular flexibility index (Phi) is 4.48. The van der Waals surface area contributed by atoms with Gasteiger partial charge in [0.05, 0.1) is 12.1 Å². The van der Waals surface area contributed by atoms with Gasteiger partial charge in [-0.1, -0.05) is 35.5 Å². The van der Waals surface area contributed by atoms with E-state index in [4.69, 9.17) is 10.3 Å². The Balaban J connectivity index is 1.73. The Bertz CT molecular complexity index is 661. The maximum atomic E-state index is 12.7. The van der Waals surface area contributed by atoms with Crippen molar-refractivity contribution in [3.63, 3.8) is 0 Å². The zero-order chi connectivity index (χ0) is 16.4. The van der Waals surface area contributed by atoms with Crippen LogP contribution >= 0.6 is 0 Å². The fourth-order valence-corrected chi connectivity index (χ4v) is 3.41. The number of rotatable bonds is 4. The number of likely N-dealkylation sites (tertiary alicyclic amines) is 1. The summed E-state index contributed by atoms with van der Waals surface area (Å²) < 4.78 is 5.15. The van der Waals surface area contributed by atoms with E-state index >= 15 is 0 Å². The molecule has 1 aliphatic rings. The lowest BCUT2D eigenvalue weighted by atomic mass is 9.89. The molecule has 23 heavy (non-hydrogen) atoms. The van der Waals surface area contributed by atoms with Gasteiger partial charge in [-0.05, 0) is 31.9 Å². The number of nitrogens with zero attached hydrogens (tertiary/aromatic N) is 2. The van der Waals surface area contributed by atoms with Crippen LogP contribution in [0.2, 0.25) is 0 Å². The van der Waals surface area contributed by atoms with Gasteiger partial charge in [-0.15, -0.1) is 0 Å². The molecule has 1 amide bonds. The number of benzene rings is 1. The number of amides is 1. The van der Waals surface area contributed by atoms with E-state index in [1.807, 2.05) is 36.9 Å². The minimum Gasteiger partial charge on any atom is -0.361 e. The van der Waals surface area contributed by atoms with Crippen LogP contribution < -0.4 is 5.73 Å². The average molecular weight is 313 g/mol. The molecule has 1 aromatic heterocycles. The quantitative estimate of drug-likeness (QED) is 0.937. The molecule has 0 radical (unpaired) electrons. The Hall–Kier alpha value is -2.14. The highest BCUT2D eigenvalue weighted by atomic mass is 16.5. The highest BCUT2D eigenvalue weighted by molar-refractivity contribution is 5.79. The molecule has 5 nitrogen and oxygen atoms in total. The molecule has 5 heteroatoms. The van der Waals surface area contributed by atoms with Crippen molar-refractivity contribution in [3.8, 4) is 0 Å². The number of nitrogens with two attached hydrogens (primary N) is 1. The predicted octanol–water partition coefficient (Wildman–Crippen LogP) is 2.03. The van der Waals surface area contributed by atoms with Crippen LogP contribution in [-0.4, -0.2) is 35.6 Å². The summed E-state index contributed by atoms with van der Waals surface area (Å²) in [5, 5.41) is 3.92. The summed E-state index contributed by atoms with van der Waals surface area (Å²) in [6.45, 7) is 5.77. The number of hydrogen-bond acceptors (Lipinski definition) is 4. The second-order valence-corrected chi connectivity index (χ2v) is 6.29. The van der Waals surface area contributed by atoms with E-state index in [9.17, 15) is 4.79 Å². The van der Waals surface area contributed by atoms with Crippen LogP contribution in [0.1, 0.15) is 28.5 Å². The summed E-state index contributed by atoms with van der Waals surface area (Å²) in [4.78, 5) is 14.6. The Morgan fingerprint density at radius 2 is 2.04 bits per heavy atom. The van der Waals surface area contributed by atoms with E-state index in [1.165, 1.54) is 5.56 Å². The van der Waals surface area contributed by atoms with Crippen molar-refractivity contribution >= 4 is 5.91 Å². The van der Waals surface area contributed by atoms with Crippen LogP contribution in [0.4, 0.5) is 0 Å². The second kappa shape index (κ2) is 6.54. The third-order valence-corrected chi connectivity index (χ3v) is 4.83. The van der Waals surface area contributed by atoms with Gasteiger partial charge in [-0.3, -0.25) is 4.79 Å². The summed E-state index contributed by atoms with van der Waals surface area (Å²) >= 11 is 0. The van der Waals surface area contributed by atoms with Crippen LogP contribution in [0.25, 0.3) is 0 Å². The molecule has 2 atom stereocenters. The Labute approximate surface area is 136 Å². The van der Waals surface area contributed by atoms with Crippen molar-refractivity contribution in [1.82, 2.24) is 10.1 Å². The van der Waals surface area contributed by atoms with E-state index in [0.717, 1.165) is 30.1 Å². The first-order valence-electron chi connectivity index (χ1n) is 8.04. The third-order valence-electron chi connectivity index (χ3n) is 4.83. The normalized spacial score (nSPS) is 20.9. The summed E-state index contributed by atoms with van der Waals surface area (Å²) in [5.74, 6) is 1.47. The maximum absolute atomic E-state index is 12.7. The minimum absolute atomic E-state index is 0.122. The molecular weight excluding hydrogens is 290 g/mol. The molecule has 122 valence electrons. The lowest BCUT2D eigenvalue weighted by molar-refractivity contribution is -0.129. The van der Waals surface area contributed by atoms with Crippen LogP contribution in [-0.2, 0) is 11.2 Å². The van der Waals surface area contributed by atoms with E-state index in [1.54, 1.807) is 0 Å². The van der Waals surface area contributed by atoms with Gasteiger partial charge in [0.2, 0.25) is 5.91 Å². The smallest absolute Gasteiger partial charge is 0.227 e. The van der Waals surface area contributed by atoms with Crippen LogP contribution in [0.3, 0.4) is 0 Å². The SMILES string of the molecule is Cc1noc(C)c1CC(=O)N1C[C@@H](CN)[C@H](c2ccccc2)C1. The van der Waals surface area contributed by atoms with Crippen LogP contribution in [0.5, 0.6) is 0 Å². The predicted molar refractivity (Wildman–Crippen MR) is 88.0 cm³/mol. The fourth-order valence-electron chi connectivity index (χ4n) is 3.41. The van der Waals surface area contributed by atoms with Crippen molar-refractivity contribution in [2.24, 2.45) is 11.7 Å². The molecule has 1 aromatic carbocycles. The average Bonchev–Trinajstić information content (AvgIpc) is 3.14. The van der Waals surface area contributed by atoms with E-state index in [-0.39, 0.29) is 5.91 Å². The molecule has 0 unspecified atom stereocenters. The zero-order valence-corrected chi connectivity index (χ0v) is 13.7. The molecule has 2 N–H and O–H groups in total. The van der Waals surface area contributed by atoms with E-state index in [0.29, 0.717) is 24.8 Å². The van der Waals surface area contributed by atoms with Crippen molar-refractivity contribution in [2.45, 2.75) is 26.2 Å². The van der Waals surface area contributed by atoms with Crippen LogP contribution in [0.15, 0.2) is 34.9 Å². The largest absolute Gasteiger partial charge is 0.361 e. The summed E-state index contributed by atoms with van der Waals surface area (Å²) in [5.41, 5.74) is 8.91. The molecule has 0 saturated carbocycles. The molecule has 1 saturated heterocycles. The first-order valence-corrected chi connectivity index (χ1v) is 8.04. The van der Waals surface area contributed by atoms with E-state index < -0.39 is 0 Å². The van der Waals surface area contributed by atoms with Gasteiger partial charge in [-0.25, -0.2) is 0 Å². The highest BCUT2D eigenvalue weighted by Gasteiger charge is 2.35. The Morgan fingerprint density at radius 3 is 2.65 bits per heavy atom. The standard InChI is InChI=1S/C18H23N3O2/c1-12-16(13(2)23-20-12)8-18(22)21-10-15(9-19)17(11-21)14-6-4-3-5-7-14/h3-7,15,17H,8-11,19H2,1-2H3/t15-,17+/m1/s1. The summed E-state index contributed by atoms with van der Waals surface area (Å²) in [6, 6.07) is 10.3. The third kappa shape index (κ3) is 3.15. The summed E-state index contributed by atoms with van der Waals surface area (Å²) in [6.07, 6.45) is 0.347. The lowest BCUT2D eigenvalue weighted by Gasteiger charge is -2.17. The van der Waals surface area contributed by atoms with Gasteiger partial charge >= 0.3 is 0 Å². The molecule has 1 fully saturated rings. The first-order chi connectivity index (χ1) is 11.1. The number of hydrogen-bond donors (Lipinski definition) is 1. The molecule has 3 rings (SSSR count). The number of carbonyl (C=O) groups is 1. The van der Waals surface area contributed by atoms with E-state index in [2.05, 4.69) is 17.3 Å². The highest BCUT2D eigenvalue weighted by Crippen LogP contribution is 2.32. The molecule has 1 aliphatic heterocycles. The zero-order valence-electron chi connectivity index (χ0n) is 13.7. The molecular formula is C18H23N3O2. The van der Waals surface area contributed by atoms with Crippen molar-refractivity contribution < 1.29 is 9.32 Å². The maximum Gasteiger partial charge on any atom is 0.227 e. The van der Waals surface area contributed by atoms with Gasteiger partial charge in [0.25, 0.3) is 0 Å². The number of carbonyl (C=O) groups excluding carboxylic acids is 1. The molecule has 2 heterocycles. The van der Waals surface area contributed by atoms with Gasteiger partial charge in [0.1, 0.15) is 5.76 Å². The van der Waals surface area contributed by atoms with Gasteiger partial charge in [0.15, 0.2) is 0 Å². The van der Waals surface area contributed by atoms with Crippen molar-refractivity contribution in [2.75, 3.05) is 19.6 Å². The molecule has 0 spiro atoms. The van der Waals surface area contributed by atoms with Crippen molar-refractivity contribution in [1.29, 1.82) is 0 Å². The van der Waals surface area contributed by atoms with Crippen LogP contribution in [0, 0.1) is 19.8 Å². The van der Waals surface area contributed by atoms with Gasteiger partial charge in [0, 0.05) is 24.6 Å². The number of aryl methyl sites for hydroxylation is 2. The molecule has 0 bridgehead atoms. The topological polar surface area (TPSA) is 72.4 Å². The Morgan fingerprint density at radius 1 is 1.30 bits per heavy atom. The number of aromatic nitrogens is 1.